The molecule has 0 fully saturated rings. The molecule has 1 heterocycles. The number of benzene rings is 3. The number of aromatic nitrogens is 3. The van der Waals surface area contributed by atoms with E-state index in [9.17, 15) is 5.11 Å². The van der Waals surface area contributed by atoms with Gasteiger partial charge in [0.2, 0.25) is 0 Å². The second-order valence-electron chi connectivity index (χ2n) is 6.29. The first kappa shape index (κ1) is 16.1. The molecule has 4 nitrogen and oxygen atoms in total. The molecule has 0 bridgehead atoms. The molecule has 26 heavy (non-hydrogen) atoms. The van der Waals surface area contributed by atoms with Crippen molar-refractivity contribution in [3.8, 4) is 11.4 Å². The zero-order chi connectivity index (χ0) is 17.9. The molecule has 0 radical (unpaired) electrons. The van der Waals surface area contributed by atoms with Crippen molar-refractivity contribution < 1.29 is 5.11 Å². The Morgan fingerprint density at radius 3 is 2.27 bits per heavy atom. The van der Waals surface area contributed by atoms with Crippen LogP contribution in [0.15, 0.2) is 72.8 Å². The van der Waals surface area contributed by atoms with E-state index < -0.39 is 0 Å². The van der Waals surface area contributed by atoms with E-state index in [0.717, 1.165) is 27.7 Å². The number of phenolic OH excluding ortho intramolecular Hbond substituents is 1. The second kappa shape index (κ2) is 6.84. The lowest BCUT2D eigenvalue weighted by Gasteiger charge is -2.09. The molecule has 4 aromatic rings. The van der Waals surface area contributed by atoms with Gasteiger partial charge in [-0.2, -0.15) is 0 Å². The number of nitrogens with zero attached hydrogens (tertiary/aromatic N) is 3. The van der Waals surface area contributed by atoms with Crippen LogP contribution in [-0.4, -0.2) is 20.1 Å². The summed E-state index contributed by atoms with van der Waals surface area (Å²) in [6.45, 7) is 2.01. The van der Waals surface area contributed by atoms with Gasteiger partial charge in [0.1, 0.15) is 22.5 Å². The number of hydrogen-bond donors (Lipinski definition) is 1. The molecule has 0 saturated carbocycles. The fourth-order valence-electron chi connectivity index (χ4n) is 3.00. The Bertz CT molecular complexity index is 1050. The molecule has 128 valence electrons. The number of phenols is 1. The molecule has 0 amide bonds. The summed E-state index contributed by atoms with van der Waals surface area (Å²) in [6.07, 6.45) is 4.75. The van der Waals surface area contributed by atoms with E-state index in [1.165, 1.54) is 4.80 Å². The van der Waals surface area contributed by atoms with Gasteiger partial charge in [-0.15, -0.1) is 15.0 Å². The first-order valence-corrected chi connectivity index (χ1v) is 8.57. The van der Waals surface area contributed by atoms with Gasteiger partial charge >= 0.3 is 0 Å². The van der Waals surface area contributed by atoms with Crippen molar-refractivity contribution in [2.75, 3.05) is 0 Å². The van der Waals surface area contributed by atoms with E-state index in [-0.39, 0.29) is 5.75 Å². The van der Waals surface area contributed by atoms with Crippen molar-refractivity contribution in [1.29, 1.82) is 0 Å². The van der Waals surface area contributed by atoms with Gasteiger partial charge in [-0.05, 0) is 42.7 Å². The van der Waals surface area contributed by atoms with Gasteiger partial charge in [0.25, 0.3) is 0 Å². The lowest BCUT2D eigenvalue weighted by atomic mass is 10.0. The quantitative estimate of drug-likeness (QED) is 0.586. The maximum absolute atomic E-state index is 10.8. The molecule has 0 atom stereocenters. The van der Waals surface area contributed by atoms with E-state index >= 15 is 0 Å². The Labute approximate surface area is 152 Å². The Kier molecular flexibility index (Phi) is 4.23. The van der Waals surface area contributed by atoms with Gasteiger partial charge in [-0.25, -0.2) is 0 Å². The van der Waals surface area contributed by atoms with Crippen LogP contribution in [0.2, 0.25) is 0 Å². The summed E-state index contributed by atoms with van der Waals surface area (Å²) in [5.74, 6) is 0.216. The van der Waals surface area contributed by atoms with Crippen LogP contribution in [0.3, 0.4) is 0 Å². The highest BCUT2D eigenvalue weighted by Crippen LogP contribution is 2.28. The summed E-state index contributed by atoms with van der Waals surface area (Å²) >= 11 is 0. The maximum atomic E-state index is 10.8. The van der Waals surface area contributed by atoms with Crippen molar-refractivity contribution in [3.63, 3.8) is 0 Å². The number of allylic oxidation sites excluding steroid dienone is 1. The van der Waals surface area contributed by atoms with Gasteiger partial charge in [-0.3, -0.25) is 0 Å². The van der Waals surface area contributed by atoms with Crippen LogP contribution in [0.1, 0.15) is 16.7 Å². The normalized spacial score (nSPS) is 11.4. The van der Waals surface area contributed by atoms with Gasteiger partial charge < -0.3 is 5.11 Å². The lowest BCUT2D eigenvalue weighted by molar-refractivity contribution is 0.462. The topological polar surface area (TPSA) is 50.9 Å². The molecule has 0 aliphatic rings. The molecular formula is C22H19N3O. The number of rotatable bonds is 4. The Morgan fingerprint density at radius 1 is 0.923 bits per heavy atom. The van der Waals surface area contributed by atoms with Gasteiger partial charge in [0.15, 0.2) is 0 Å². The van der Waals surface area contributed by atoms with E-state index in [0.29, 0.717) is 12.1 Å². The number of hydrogen-bond acceptors (Lipinski definition) is 3. The largest absolute Gasteiger partial charge is 0.505 e. The van der Waals surface area contributed by atoms with Crippen LogP contribution in [-0.2, 0) is 6.42 Å². The minimum Gasteiger partial charge on any atom is -0.505 e. The molecule has 1 aromatic heterocycles. The molecular weight excluding hydrogens is 322 g/mol. The van der Waals surface area contributed by atoms with Crippen LogP contribution < -0.4 is 0 Å². The fraction of sp³-hybridized carbons (Fsp3) is 0.0909. The predicted molar refractivity (Wildman–Crippen MR) is 104 cm³/mol. The Balaban J connectivity index is 1.67. The molecule has 0 unspecified atom stereocenters. The Morgan fingerprint density at radius 2 is 1.58 bits per heavy atom. The van der Waals surface area contributed by atoms with Crippen LogP contribution >= 0.6 is 0 Å². The van der Waals surface area contributed by atoms with Gasteiger partial charge in [0.05, 0.1) is 0 Å². The number of fused-ring (bicyclic) bond motifs is 1. The van der Waals surface area contributed by atoms with Crippen molar-refractivity contribution in [1.82, 2.24) is 15.0 Å². The first-order valence-electron chi connectivity index (χ1n) is 8.57. The van der Waals surface area contributed by atoms with Gasteiger partial charge in [-0.1, -0.05) is 60.7 Å². The molecule has 1 N–H and O–H groups in total. The van der Waals surface area contributed by atoms with Crippen LogP contribution in [0.4, 0.5) is 0 Å². The average molecular weight is 341 g/mol. The monoisotopic (exact) mass is 341 g/mol. The predicted octanol–water partition coefficient (Wildman–Crippen LogP) is 4.69. The highest BCUT2D eigenvalue weighted by atomic mass is 16.3. The van der Waals surface area contributed by atoms with Crippen LogP contribution in [0.5, 0.6) is 5.75 Å². The SMILES string of the molecule is Cc1cc(CC=Cc2ccccc2)c(O)c(-n2nc3ccccc3n2)c1. The number of aromatic hydroxyl groups is 1. The third kappa shape index (κ3) is 3.22. The van der Waals surface area contributed by atoms with E-state index in [4.69, 9.17) is 0 Å². The summed E-state index contributed by atoms with van der Waals surface area (Å²) < 4.78 is 0. The third-order valence-corrected chi connectivity index (χ3v) is 4.26. The summed E-state index contributed by atoms with van der Waals surface area (Å²) in [5, 5.41) is 19.7. The van der Waals surface area contributed by atoms with Gasteiger partial charge in [0, 0.05) is 5.56 Å². The van der Waals surface area contributed by atoms with Crippen molar-refractivity contribution in [2.24, 2.45) is 0 Å². The lowest BCUT2D eigenvalue weighted by Crippen LogP contribution is -2.01. The molecule has 0 aliphatic carbocycles. The summed E-state index contributed by atoms with van der Waals surface area (Å²) in [5.41, 5.74) is 5.26. The molecule has 0 spiro atoms. The second-order valence-corrected chi connectivity index (χ2v) is 6.29. The Hall–Kier alpha value is -3.40. The van der Waals surface area contributed by atoms with Crippen molar-refractivity contribution in [3.05, 3.63) is 89.5 Å². The highest BCUT2D eigenvalue weighted by molar-refractivity contribution is 5.73. The average Bonchev–Trinajstić information content (AvgIpc) is 3.09. The minimum atomic E-state index is 0.216. The van der Waals surface area contributed by atoms with E-state index in [1.54, 1.807) is 0 Å². The standard InChI is InChI=1S/C22H19N3O/c1-16-14-18(11-7-10-17-8-3-2-4-9-17)22(26)21(15-16)25-23-19-12-5-6-13-20(19)24-25/h2-10,12-15,26H,11H2,1H3. The third-order valence-electron chi connectivity index (χ3n) is 4.26. The summed E-state index contributed by atoms with van der Waals surface area (Å²) in [7, 11) is 0. The zero-order valence-corrected chi connectivity index (χ0v) is 14.5. The van der Waals surface area contributed by atoms with Crippen LogP contribution in [0, 0.1) is 6.92 Å². The van der Waals surface area contributed by atoms with Crippen molar-refractivity contribution >= 4 is 17.1 Å². The summed E-state index contributed by atoms with van der Waals surface area (Å²) in [4.78, 5) is 1.51. The summed E-state index contributed by atoms with van der Waals surface area (Å²) in [6, 6.07) is 21.7. The van der Waals surface area contributed by atoms with Crippen LogP contribution in [0.25, 0.3) is 22.8 Å². The molecule has 0 saturated heterocycles. The first-order chi connectivity index (χ1) is 12.7. The van der Waals surface area contributed by atoms with E-state index in [2.05, 4.69) is 34.5 Å². The smallest absolute Gasteiger partial charge is 0.146 e. The molecule has 4 heteroatoms. The van der Waals surface area contributed by atoms with Crippen molar-refractivity contribution in [2.45, 2.75) is 13.3 Å². The molecule has 3 aromatic carbocycles. The number of aryl methyl sites for hydroxylation is 1. The fourth-order valence-corrected chi connectivity index (χ4v) is 3.00. The highest BCUT2D eigenvalue weighted by Gasteiger charge is 2.12. The van der Waals surface area contributed by atoms with E-state index in [1.807, 2.05) is 61.5 Å². The minimum absolute atomic E-state index is 0.216. The molecule has 0 aliphatic heterocycles. The molecule has 4 rings (SSSR count). The maximum Gasteiger partial charge on any atom is 0.146 e. The zero-order valence-electron chi connectivity index (χ0n) is 14.5.